The molecule has 1 aromatic carbocycles. The second-order valence-corrected chi connectivity index (χ2v) is 4.35. The molecule has 1 fully saturated rings. The molecule has 16 heavy (non-hydrogen) atoms. The molecule has 0 saturated heterocycles. The number of aliphatic imine (C=N–C) groups is 1. The average molecular weight is 215 g/mol. The van der Waals surface area contributed by atoms with E-state index in [1.807, 2.05) is 12.1 Å². The molecule has 0 aromatic heterocycles. The lowest BCUT2D eigenvalue weighted by Crippen LogP contribution is -2.31. The monoisotopic (exact) mass is 215 g/mol. The van der Waals surface area contributed by atoms with Crippen LogP contribution in [0.15, 0.2) is 29.3 Å². The van der Waals surface area contributed by atoms with Gasteiger partial charge in [0.1, 0.15) is 0 Å². The molecular weight excluding hydrogens is 202 g/mol. The van der Waals surface area contributed by atoms with Gasteiger partial charge in [0.25, 0.3) is 5.91 Å². The van der Waals surface area contributed by atoms with Gasteiger partial charge in [0.2, 0.25) is 0 Å². The summed E-state index contributed by atoms with van der Waals surface area (Å²) in [6.45, 7) is 0. The molecule has 1 aliphatic carbocycles. The Bertz CT molecular complexity index is 460. The summed E-state index contributed by atoms with van der Waals surface area (Å²) >= 11 is 0. The summed E-state index contributed by atoms with van der Waals surface area (Å²) in [7, 11) is 0. The van der Waals surface area contributed by atoms with E-state index in [9.17, 15) is 4.79 Å². The first-order valence-electron chi connectivity index (χ1n) is 5.48. The smallest absolute Gasteiger partial charge is 0.256 e. The van der Waals surface area contributed by atoms with Crippen molar-refractivity contribution < 1.29 is 4.79 Å². The van der Waals surface area contributed by atoms with E-state index in [2.05, 4.69) is 22.4 Å². The molecular formula is C12H13N3O. The van der Waals surface area contributed by atoms with Crippen LogP contribution in [0.5, 0.6) is 0 Å². The number of nitrogens with two attached hydrogens (primary N) is 1. The highest BCUT2D eigenvalue weighted by Gasteiger charge is 2.27. The summed E-state index contributed by atoms with van der Waals surface area (Å²) in [5, 5.41) is 2.50. The first-order valence-corrected chi connectivity index (χ1v) is 5.48. The van der Waals surface area contributed by atoms with Gasteiger partial charge in [-0.2, -0.15) is 0 Å². The number of guanidine groups is 1. The number of carbonyl (C=O) groups is 1. The zero-order valence-corrected chi connectivity index (χ0v) is 8.81. The van der Waals surface area contributed by atoms with Crippen molar-refractivity contribution in [2.24, 2.45) is 10.7 Å². The van der Waals surface area contributed by atoms with Gasteiger partial charge >= 0.3 is 0 Å². The molecule has 1 atom stereocenters. The van der Waals surface area contributed by atoms with Crippen molar-refractivity contribution in [3.8, 4) is 0 Å². The third kappa shape index (κ3) is 1.56. The van der Waals surface area contributed by atoms with Crippen molar-refractivity contribution in [1.29, 1.82) is 0 Å². The highest BCUT2D eigenvalue weighted by Crippen LogP contribution is 2.40. The number of hydrogen-bond acceptors (Lipinski definition) is 3. The molecule has 4 nitrogen and oxygen atoms in total. The number of nitrogens with one attached hydrogen (secondary N) is 1. The normalized spacial score (nSPS) is 24.1. The van der Waals surface area contributed by atoms with Crippen LogP contribution < -0.4 is 11.1 Å². The van der Waals surface area contributed by atoms with E-state index >= 15 is 0 Å². The van der Waals surface area contributed by atoms with Gasteiger partial charge in [-0.25, -0.2) is 4.99 Å². The summed E-state index contributed by atoms with van der Waals surface area (Å²) in [4.78, 5) is 15.6. The van der Waals surface area contributed by atoms with E-state index in [0.717, 1.165) is 11.5 Å². The minimum Gasteiger partial charge on any atom is -0.370 e. The van der Waals surface area contributed by atoms with E-state index in [1.54, 1.807) is 0 Å². The maximum Gasteiger partial charge on any atom is 0.256 e. The largest absolute Gasteiger partial charge is 0.370 e. The number of nitrogens with zero attached hydrogens (tertiary/aromatic N) is 1. The lowest BCUT2D eigenvalue weighted by atomic mass is 10.0. The molecule has 1 aliphatic heterocycles. The Morgan fingerprint density at radius 2 is 1.81 bits per heavy atom. The molecule has 2 aliphatic rings. The van der Waals surface area contributed by atoms with Crippen molar-refractivity contribution in [3.05, 3.63) is 35.4 Å². The minimum absolute atomic E-state index is 0.142. The molecule has 1 amide bonds. The van der Waals surface area contributed by atoms with Crippen LogP contribution in [-0.2, 0) is 4.79 Å². The van der Waals surface area contributed by atoms with Crippen LogP contribution in [-0.4, -0.2) is 11.9 Å². The van der Waals surface area contributed by atoms with Crippen molar-refractivity contribution in [2.45, 2.75) is 24.8 Å². The van der Waals surface area contributed by atoms with Crippen LogP contribution in [0.25, 0.3) is 0 Å². The van der Waals surface area contributed by atoms with Crippen LogP contribution in [0.3, 0.4) is 0 Å². The van der Waals surface area contributed by atoms with Crippen molar-refractivity contribution in [3.63, 3.8) is 0 Å². The second-order valence-electron chi connectivity index (χ2n) is 4.35. The molecule has 1 aromatic rings. The Kier molecular flexibility index (Phi) is 1.96. The van der Waals surface area contributed by atoms with Gasteiger partial charge in [0, 0.05) is 0 Å². The van der Waals surface area contributed by atoms with Crippen LogP contribution in [0.4, 0.5) is 0 Å². The molecule has 82 valence electrons. The van der Waals surface area contributed by atoms with Crippen molar-refractivity contribution >= 4 is 11.9 Å². The fourth-order valence-corrected chi connectivity index (χ4v) is 2.02. The third-order valence-corrected chi connectivity index (χ3v) is 3.07. The Balaban J connectivity index is 1.86. The van der Waals surface area contributed by atoms with Crippen LogP contribution >= 0.6 is 0 Å². The summed E-state index contributed by atoms with van der Waals surface area (Å²) in [6.07, 6.45) is 2.57. The van der Waals surface area contributed by atoms with Gasteiger partial charge in [0.15, 0.2) is 12.0 Å². The summed E-state index contributed by atoms with van der Waals surface area (Å²) in [5.74, 6) is 0.804. The molecule has 1 saturated carbocycles. The second kappa shape index (κ2) is 3.33. The fourth-order valence-electron chi connectivity index (χ4n) is 2.02. The molecule has 1 unspecified atom stereocenters. The number of benzene rings is 1. The highest BCUT2D eigenvalue weighted by atomic mass is 16.2. The van der Waals surface area contributed by atoms with Gasteiger partial charge in [-0.1, -0.05) is 24.3 Å². The average Bonchev–Trinajstić information content (AvgIpc) is 3.05. The van der Waals surface area contributed by atoms with E-state index in [-0.39, 0.29) is 11.9 Å². The summed E-state index contributed by atoms with van der Waals surface area (Å²) in [5.41, 5.74) is 7.72. The van der Waals surface area contributed by atoms with E-state index in [1.165, 1.54) is 18.4 Å². The van der Waals surface area contributed by atoms with Crippen LogP contribution in [0, 0.1) is 0 Å². The molecule has 4 heteroatoms. The van der Waals surface area contributed by atoms with Crippen LogP contribution in [0.1, 0.15) is 35.9 Å². The Morgan fingerprint density at radius 1 is 1.19 bits per heavy atom. The lowest BCUT2D eigenvalue weighted by molar-refractivity contribution is -0.120. The minimum atomic E-state index is -0.465. The van der Waals surface area contributed by atoms with Gasteiger partial charge < -0.3 is 5.73 Å². The quantitative estimate of drug-likeness (QED) is 0.774. The number of carbonyl (C=O) groups excluding carboxylic acids is 1. The van der Waals surface area contributed by atoms with Crippen LogP contribution in [0.2, 0.25) is 0 Å². The zero-order chi connectivity index (χ0) is 11.1. The van der Waals surface area contributed by atoms with Crippen molar-refractivity contribution in [2.75, 3.05) is 0 Å². The molecule has 0 bridgehead atoms. The predicted octanol–water partition coefficient (Wildman–Crippen LogP) is 1.05. The molecule has 1 heterocycles. The summed E-state index contributed by atoms with van der Waals surface area (Å²) < 4.78 is 0. The van der Waals surface area contributed by atoms with Gasteiger partial charge in [-0.3, -0.25) is 10.1 Å². The third-order valence-electron chi connectivity index (χ3n) is 3.07. The SMILES string of the molecule is NC1=NC(c2ccc(C3CC3)cc2)C(=O)N1. The number of rotatable bonds is 2. The molecule has 3 N–H and O–H groups in total. The van der Waals surface area contributed by atoms with Gasteiger partial charge in [-0.15, -0.1) is 0 Å². The Morgan fingerprint density at radius 3 is 2.31 bits per heavy atom. The first-order chi connectivity index (χ1) is 7.74. The molecule has 3 rings (SSSR count). The Hall–Kier alpha value is -1.84. The molecule has 0 spiro atoms. The number of hydrogen-bond donors (Lipinski definition) is 2. The predicted molar refractivity (Wildman–Crippen MR) is 60.9 cm³/mol. The van der Waals surface area contributed by atoms with E-state index in [0.29, 0.717) is 0 Å². The van der Waals surface area contributed by atoms with E-state index < -0.39 is 6.04 Å². The molecule has 0 radical (unpaired) electrons. The van der Waals surface area contributed by atoms with Crippen molar-refractivity contribution in [1.82, 2.24) is 5.32 Å². The fraction of sp³-hybridized carbons (Fsp3) is 0.333. The number of amides is 1. The standard InChI is InChI=1S/C12H13N3O/c13-12-14-10(11(16)15-12)9-5-3-8(4-6-9)7-1-2-7/h3-7,10H,1-2H2,(H3,13,14,15,16). The maximum absolute atomic E-state index is 11.5. The van der Waals surface area contributed by atoms with Gasteiger partial charge in [0.05, 0.1) is 0 Å². The topological polar surface area (TPSA) is 67.5 Å². The zero-order valence-electron chi connectivity index (χ0n) is 8.81. The Labute approximate surface area is 93.6 Å². The van der Waals surface area contributed by atoms with E-state index in [4.69, 9.17) is 5.73 Å². The highest BCUT2D eigenvalue weighted by molar-refractivity contribution is 6.04. The lowest BCUT2D eigenvalue weighted by Gasteiger charge is -2.05. The maximum atomic E-state index is 11.5. The first kappa shape index (κ1) is 9.39. The van der Waals surface area contributed by atoms with Gasteiger partial charge in [-0.05, 0) is 29.9 Å². The summed E-state index contributed by atoms with van der Waals surface area (Å²) in [6, 6.07) is 7.66.